The quantitative estimate of drug-likeness (QED) is 0.378. The highest BCUT2D eigenvalue weighted by Gasteiger charge is 2.31. The molecule has 5 heteroatoms. The first-order chi connectivity index (χ1) is 5.82. The largest absolute Gasteiger partial charge is 0.308 e. The molecule has 0 heterocycles. The molecule has 0 radical (unpaired) electrons. The minimum Gasteiger partial charge on any atom is -0.308 e. The van der Waals surface area contributed by atoms with Gasteiger partial charge in [0.05, 0.1) is 0 Å². The third-order valence-corrected chi connectivity index (χ3v) is 3.27. The van der Waals surface area contributed by atoms with Crippen LogP contribution in [-0.4, -0.2) is 8.41 Å². The molecule has 0 saturated heterocycles. The summed E-state index contributed by atoms with van der Waals surface area (Å²) in [6, 6.07) is 0.986. The normalized spacial score (nSPS) is 11.8. The fourth-order valence-electron chi connectivity index (χ4n) is 1.11. The average molecular weight is 208 g/mol. The van der Waals surface area contributed by atoms with Gasteiger partial charge >= 0.3 is 0 Å². The molecule has 0 nitrogen and oxygen atoms in total. The number of benzene rings is 1. The summed E-state index contributed by atoms with van der Waals surface area (Å²) in [6.07, 6.45) is 0. The SMILES string of the molecule is C[Si](C)(F)c1c(F)cc(F)cc1F. The number of halogens is 4. The van der Waals surface area contributed by atoms with Gasteiger partial charge < -0.3 is 4.11 Å². The lowest BCUT2D eigenvalue weighted by atomic mass is 10.3. The molecule has 13 heavy (non-hydrogen) atoms. The molecule has 0 saturated carbocycles. The Hall–Kier alpha value is -0.843. The lowest BCUT2D eigenvalue weighted by Crippen LogP contribution is -2.41. The number of hydrogen-bond acceptors (Lipinski definition) is 0. The van der Waals surface area contributed by atoms with Crippen molar-refractivity contribution in [2.45, 2.75) is 13.1 Å². The van der Waals surface area contributed by atoms with Crippen molar-refractivity contribution in [1.82, 2.24) is 0 Å². The van der Waals surface area contributed by atoms with E-state index in [1.165, 1.54) is 0 Å². The summed E-state index contributed by atoms with van der Waals surface area (Å²) < 4.78 is 51.6. The molecule has 0 N–H and O–H groups in total. The number of rotatable bonds is 1. The van der Waals surface area contributed by atoms with E-state index in [0.29, 0.717) is 12.1 Å². The molecule has 0 aliphatic carbocycles. The molecular weight excluding hydrogens is 200 g/mol. The zero-order valence-corrected chi connectivity index (χ0v) is 8.17. The summed E-state index contributed by atoms with van der Waals surface area (Å²) in [5, 5.41) is -0.603. The van der Waals surface area contributed by atoms with Crippen LogP contribution in [0.15, 0.2) is 12.1 Å². The van der Waals surface area contributed by atoms with Crippen LogP contribution >= 0.6 is 0 Å². The maximum atomic E-state index is 13.3. The van der Waals surface area contributed by atoms with Crippen LogP contribution in [0.3, 0.4) is 0 Å². The van der Waals surface area contributed by atoms with Crippen LogP contribution in [0.2, 0.25) is 13.1 Å². The summed E-state index contributed by atoms with van der Waals surface area (Å²) in [6.45, 7) is 2.29. The third-order valence-electron chi connectivity index (χ3n) is 1.60. The summed E-state index contributed by atoms with van der Waals surface area (Å²) in [4.78, 5) is 0. The van der Waals surface area contributed by atoms with E-state index in [2.05, 4.69) is 0 Å². The van der Waals surface area contributed by atoms with Crippen molar-refractivity contribution in [2.75, 3.05) is 0 Å². The molecule has 0 amide bonds. The summed E-state index contributed by atoms with van der Waals surface area (Å²) in [5.41, 5.74) is 0. The molecule has 0 spiro atoms. The molecule has 1 aromatic carbocycles. The highest BCUT2D eigenvalue weighted by Crippen LogP contribution is 2.12. The Morgan fingerprint density at radius 3 is 1.69 bits per heavy atom. The van der Waals surface area contributed by atoms with E-state index in [-0.39, 0.29) is 0 Å². The molecular formula is C8H8F4Si. The second-order valence-electron chi connectivity index (χ2n) is 3.22. The van der Waals surface area contributed by atoms with Crippen molar-refractivity contribution in [2.24, 2.45) is 0 Å². The Kier molecular flexibility index (Phi) is 2.47. The highest BCUT2D eigenvalue weighted by molar-refractivity contribution is 6.83. The monoisotopic (exact) mass is 208 g/mol. The second-order valence-corrected chi connectivity index (χ2v) is 6.66. The van der Waals surface area contributed by atoms with Gasteiger partial charge in [0, 0.05) is 17.3 Å². The molecule has 0 bridgehead atoms. The lowest BCUT2D eigenvalue weighted by Gasteiger charge is -2.13. The first-order valence-electron chi connectivity index (χ1n) is 3.66. The molecule has 0 aliphatic rings. The Bertz CT molecular complexity index is 306. The smallest absolute Gasteiger partial charge is 0.277 e. The molecule has 0 aliphatic heterocycles. The van der Waals surface area contributed by atoms with Gasteiger partial charge in [-0.15, -0.1) is 0 Å². The fourth-order valence-corrected chi connectivity index (χ4v) is 2.39. The highest BCUT2D eigenvalue weighted by atomic mass is 28.4. The molecule has 0 fully saturated rings. The Labute approximate surface area is 74.4 Å². The maximum absolute atomic E-state index is 13.3. The van der Waals surface area contributed by atoms with Crippen molar-refractivity contribution >= 4 is 13.6 Å². The van der Waals surface area contributed by atoms with Gasteiger partial charge in [-0.25, -0.2) is 13.2 Å². The van der Waals surface area contributed by atoms with Crippen LogP contribution in [-0.2, 0) is 0 Å². The first-order valence-corrected chi connectivity index (χ1v) is 6.54. The van der Waals surface area contributed by atoms with Crippen LogP contribution in [0.1, 0.15) is 0 Å². The van der Waals surface area contributed by atoms with Gasteiger partial charge in [-0.05, 0) is 13.1 Å². The van der Waals surface area contributed by atoms with E-state index >= 15 is 0 Å². The van der Waals surface area contributed by atoms with Crippen molar-refractivity contribution in [3.8, 4) is 0 Å². The van der Waals surface area contributed by atoms with E-state index in [4.69, 9.17) is 0 Å². The third kappa shape index (κ3) is 2.09. The molecule has 0 aromatic heterocycles. The lowest BCUT2D eigenvalue weighted by molar-refractivity contribution is 0.550. The standard InChI is InChI=1S/C8H8F4Si/c1-13(2,12)8-6(10)3-5(9)4-7(8)11/h3-4H,1-2H3. The van der Waals surface area contributed by atoms with Gasteiger partial charge in [-0.3, -0.25) is 0 Å². The zero-order valence-electron chi connectivity index (χ0n) is 7.17. The first kappa shape index (κ1) is 10.2. The van der Waals surface area contributed by atoms with Gasteiger partial charge in [0.25, 0.3) is 8.41 Å². The Balaban J connectivity index is 3.38. The summed E-state index contributed by atoms with van der Waals surface area (Å²) in [5.74, 6) is -3.31. The van der Waals surface area contributed by atoms with Gasteiger partial charge in [-0.2, -0.15) is 0 Å². The van der Waals surface area contributed by atoms with Crippen LogP contribution in [0.5, 0.6) is 0 Å². The van der Waals surface area contributed by atoms with E-state index in [1.54, 1.807) is 0 Å². The zero-order chi connectivity index (χ0) is 10.2. The van der Waals surface area contributed by atoms with Crippen molar-refractivity contribution < 1.29 is 17.3 Å². The van der Waals surface area contributed by atoms with Crippen molar-refractivity contribution in [3.05, 3.63) is 29.6 Å². The van der Waals surface area contributed by atoms with E-state index in [0.717, 1.165) is 13.1 Å². The van der Waals surface area contributed by atoms with Crippen LogP contribution in [0.25, 0.3) is 0 Å². The van der Waals surface area contributed by atoms with Gasteiger partial charge in [-0.1, -0.05) is 0 Å². The van der Waals surface area contributed by atoms with E-state index in [9.17, 15) is 17.3 Å². The maximum Gasteiger partial charge on any atom is 0.277 e. The number of hydrogen-bond donors (Lipinski definition) is 0. The van der Waals surface area contributed by atoms with Crippen LogP contribution < -0.4 is 5.19 Å². The average Bonchev–Trinajstić information content (AvgIpc) is 1.78. The summed E-state index contributed by atoms with van der Waals surface area (Å²) >= 11 is 0. The van der Waals surface area contributed by atoms with E-state index < -0.39 is 31.0 Å². The van der Waals surface area contributed by atoms with Gasteiger partial charge in [0.15, 0.2) is 0 Å². The van der Waals surface area contributed by atoms with Gasteiger partial charge in [0.2, 0.25) is 0 Å². The molecule has 0 atom stereocenters. The topological polar surface area (TPSA) is 0 Å². The summed E-state index contributed by atoms with van der Waals surface area (Å²) in [7, 11) is -3.56. The van der Waals surface area contributed by atoms with Crippen LogP contribution in [0.4, 0.5) is 17.3 Å². The van der Waals surface area contributed by atoms with Crippen molar-refractivity contribution in [3.63, 3.8) is 0 Å². The molecule has 1 aromatic rings. The van der Waals surface area contributed by atoms with Crippen LogP contribution in [0, 0.1) is 17.5 Å². The van der Waals surface area contributed by atoms with Crippen molar-refractivity contribution in [1.29, 1.82) is 0 Å². The second kappa shape index (κ2) is 3.14. The minimum absolute atomic E-state index is 0.493. The molecule has 0 unspecified atom stereocenters. The van der Waals surface area contributed by atoms with Gasteiger partial charge in [0.1, 0.15) is 17.5 Å². The minimum atomic E-state index is -3.56. The fraction of sp³-hybridized carbons (Fsp3) is 0.250. The Morgan fingerprint density at radius 1 is 1.00 bits per heavy atom. The predicted octanol–water partition coefficient (Wildman–Crippen LogP) is 2.49. The molecule has 72 valence electrons. The Morgan fingerprint density at radius 2 is 1.38 bits per heavy atom. The predicted molar refractivity (Wildman–Crippen MR) is 44.5 cm³/mol. The van der Waals surface area contributed by atoms with E-state index in [1.807, 2.05) is 0 Å². The molecule has 1 rings (SSSR count).